The number of anilines is 1. The van der Waals surface area contributed by atoms with Crippen LogP contribution in [0.2, 0.25) is 0 Å². The summed E-state index contributed by atoms with van der Waals surface area (Å²) < 4.78 is 4.64. The van der Waals surface area contributed by atoms with E-state index in [1.807, 2.05) is 26.2 Å². The lowest BCUT2D eigenvalue weighted by atomic mass is 9.92. The SMILES string of the molecule is COC(=O)c1cc(-c2csc(NC(=O)CC(C)(C)C)n2)c[nH]1. The van der Waals surface area contributed by atoms with Gasteiger partial charge in [0, 0.05) is 23.6 Å². The minimum atomic E-state index is -0.430. The minimum absolute atomic E-state index is 0.0577. The van der Waals surface area contributed by atoms with E-state index in [9.17, 15) is 9.59 Å². The number of carbonyl (C=O) groups is 2. The number of esters is 1. The normalized spacial score (nSPS) is 11.3. The molecule has 2 N–H and O–H groups in total. The van der Waals surface area contributed by atoms with Crippen LogP contribution in [0, 0.1) is 5.41 Å². The lowest BCUT2D eigenvalue weighted by Crippen LogP contribution is -2.19. The average molecular weight is 321 g/mol. The smallest absolute Gasteiger partial charge is 0.354 e. The highest BCUT2D eigenvalue weighted by atomic mass is 32.1. The fourth-order valence-corrected chi connectivity index (χ4v) is 2.61. The highest BCUT2D eigenvalue weighted by molar-refractivity contribution is 7.14. The van der Waals surface area contributed by atoms with Crippen molar-refractivity contribution < 1.29 is 14.3 Å². The Balaban J connectivity index is 2.07. The number of thiazole rings is 1. The highest BCUT2D eigenvalue weighted by Gasteiger charge is 2.17. The van der Waals surface area contributed by atoms with E-state index >= 15 is 0 Å². The maximum absolute atomic E-state index is 11.9. The number of nitrogens with zero attached hydrogens (tertiary/aromatic N) is 1. The number of methoxy groups -OCH3 is 1. The van der Waals surface area contributed by atoms with Gasteiger partial charge in [-0.1, -0.05) is 20.8 Å². The molecule has 22 heavy (non-hydrogen) atoms. The first-order chi connectivity index (χ1) is 10.3. The Morgan fingerprint density at radius 3 is 2.77 bits per heavy atom. The lowest BCUT2D eigenvalue weighted by Gasteiger charge is -2.16. The van der Waals surface area contributed by atoms with E-state index in [-0.39, 0.29) is 11.3 Å². The van der Waals surface area contributed by atoms with Gasteiger partial charge in [-0.25, -0.2) is 9.78 Å². The van der Waals surface area contributed by atoms with Gasteiger partial charge in [0.25, 0.3) is 0 Å². The molecular formula is C15H19N3O3S. The summed E-state index contributed by atoms with van der Waals surface area (Å²) in [4.78, 5) is 30.5. The minimum Gasteiger partial charge on any atom is -0.464 e. The molecule has 0 saturated carbocycles. The second-order valence-corrected chi connectivity index (χ2v) is 6.98. The number of H-pyrrole nitrogens is 1. The fourth-order valence-electron chi connectivity index (χ4n) is 1.88. The van der Waals surface area contributed by atoms with Crippen molar-refractivity contribution >= 4 is 28.3 Å². The molecule has 118 valence electrons. The maximum Gasteiger partial charge on any atom is 0.354 e. The Labute approximate surface area is 132 Å². The third kappa shape index (κ3) is 4.17. The molecule has 2 heterocycles. The first-order valence-electron chi connectivity index (χ1n) is 6.81. The van der Waals surface area contributed by atoms with Crippen LogP contribution in [0.5, 0.6) is 0 Å². The summed E-state index contributed by atoms with van der Waals surface area (Å²) in [6, 6.07) is 1.67. The maximum atomic E-state index is 11.9. The lowest BCUT2D eigenvalue weighted by molar-refractivity contribution is -0.117. The molecule has 0 aliphatic carbocycles. The number of aromatic nitrogens is 2. The van der Waals surface area contributed by atoms with Crippen LogP contribution < -0.4 is 5.32 Å². The number of hydrogen-bond donors (Lipinski definition) is 2. The number of nitrogens with one attached hydrogen (secondary N) is 2. The van der Waals surface area contributed by atoms with Crippen molar-refractivity contribution in [2.24, 2.45) is 5.41 Å². The summed E-state index contributed by atoms with van der Waals surface area (Å²) in [7, 11) is 1.33. The third-order valence-electron chi connectivity index (χ3n) is 2.83. The van der Waals surface area contributed by atoms with Crippen molar-refractivity contribution in [2.75, 3.05) is 12.4 Å². The average Bonchev–Trinajstić information content (AvgIpc) is 3.03. The van der Waals surface area contributed by atoms with Crippen molar-refractivity contribution in [2.45, 2.75) is 27.2 Å². The number of amides is 1. The molecule has 1 amide bonds. The van der Waals surface area contributed by atoms with E-state index in [0.29, 0.717) is 22.9 Å². The number of ether oxygens (including phenoxy) is 1. The largest absolute Gasteiger partial charge is 0.464 e. The molecule has 0 radical (unpaired) electrons. The van der Waals surface area contributed by atoms with Crippen LogP contribution in [0.15, 0.2) is 17.6 Å². The van der Waals surface area contributed by atoms with Crippen LogP contribution in [0.3, 0.4) is 0 Å². The molecule has 0 fully saturated rings. The van der Waals surface area contributed by atoms with E-state index in [0.717, 1.165) is 5.56 Å². The molecule has 2 aromatic heterocycles. The molecule has 7 heteroatoms. The Bertz CT molecular complexity index is 682. The summed E-state index contributed by atoms with van der Waals surface area (Å²) in [6.07, 6.45) is 2.11. The van der Waals surface area contributed by atoms with Gasteiger partial charge in [-0.2, -0.15) is 0 Å². The van der Waals surface area contributed by atoms with Gasteiger partial charge in [0.2, 0.25) is 5.91 Å². The molecule has 0 aromatic carbocycles. The first-order valence-corrected chi connectivity index (χ1v) is 7.69. The van der Waals surface area contributed by atoms with Crippen molar-refractivity contribution in [1.82, 2.24) is 9.97 Å². The van der Waals surface area contributed by atoms with Crippen molar-refractivity contribution in [1.29, 1.82) is 0 Å². The van der Waals surface area contributed by atoms with Crippen LogP contribution in [0.1, 0.15) is 37.7 Å². The summed E-state index contributed by atoms with van der Waals surface area (Å²) in [5.74, 6) is -0.488. The van der Waals surface area contributed by atoms with Crippen LogP contribution in [-0.4, -0.2) is 29.0 Å². The summed E-state index contributed by atoms with van der Waals surface area (Å²) in [6.45, 7) is 6.02. The molecule has 0 spiro atoms. The fraction of sp³-hybridized carbons (Fsp3) is 0.400. The van der Waals surface area contributed by atoms with Crippen LogP contribution in [-0.2, 0) is 9.53 Å². The topological polar surface area (TPSA) is 84.1 Å². The Morgan fingerprint density at radius 2 is 2.14 bits per heavy atom. The summed E-state index contributed by atoms with van der Waals surface area (Å²) in [5.41, 5.74) is 1.76. The second kappa shape index (κ2) is 6.31. The third-order valence-corrected chi connectivity index (χ3v) is 3.58. The zero-order valence-corrected chi connectivity index (χ0v) is 13.8. The van der Waals surface area contributed by atoms with Crippen LogP contribution in [0.4, 0.5) is 5.13 Å². The zero-order chi connectivity index (χ0) is 16.3. The van der Waals surface area contributed by atoms with E-state index in [1.54, 1.807) is 12.3 Å². The number of aromatic amines is 1. The molecular weight excluding hydrogens is 302 g/mol. The van der Waals surface area contributed by atoms with Crippen molar-refractivity contribution in [3.05, 3.63) is 23.3 Å². The Kier molecular flexibility index (Phi) is 4.65. The summed E-state index contributed by atoms with van der Waals surface area (Å²) >= 11 is 1.35. The Hall–Kier alpha value is -2.15. The van der Waals surface area contributed by atoms with Gasteiger partial charge in [-0.3, -0.25) is 4.79 Å². The predicted octanol–water partition coefficient (Wildman–Crippen LogP) is 3.30. The molecule has 0 aliphatic rings. The number of rotatable bonds is 4. The zero-order valence-electron chi connectivity index (χ0n) is 13.0. The van der Waals surface area contributed by atoms with Gasteiger partial charge in [-0.05, 0) is 11.5 Å². The molecule has 2 rings (SSSR count). The molecule has 0 aliphatic heterocycles. The van der Waals surface area contributed by atoms with Crippen LogP contribution in [0.25, 0.3) is 11.3 Å². The molecule has 6 nitrogen and oxygen atoms in total. The molecule has 2 aromatic rings. The van der Waals surface area contributed by atoms with E-state index < -0.39 is 5.97 Å². The van der Waals surface area contributed by atoms with E-state index in [1.165, 1.54) is 18.4 Å². The summed E-state index contributed by atoms with van der Waals surface area (Å²) in [5, 5.41) is 5.17. The van der Waals surface area contributed by atoms with Gasteiger partial charge in [0.05, 0.1) is 12.8 Å². The van der Waals surface area contributed by atoms with Gasteiger partial charge in [0.15, 0.2) is 5.13 Å². The number of hydrogen-bond acceptors (Lipinski definition) is 5. The van der Waals surface area contributed by atoms with Crippen molar-refractivity contribution in [3.8, 4) is 11.3 Å². The molecule has 0 saturated heterocycles. The monoisotopic (exact) mass is 321 g/mol. The van der Waals surface area contributed by atoms with E-state index in [4.69, 9.17) is 0 Å². The number of carbonyl (C=O) groups excluding carboxylic acids is 2. The highest BCUT2D eigenvalue weighted by Crippen LogP contribution is 2.26. The van der Waals surface area contributed by atoms with Gasteiger partial charge in [-0.15, -0.1) is 11.3 Å². The first kappa shape index (κ1) is 16.2. The molecule has 0 unspecified atom stereocenters. The van der Waals surface area contributed by atoms with Gasteiger partial charge in [0.1, 0.15) is 5.69 Å². The van der Waals surface area contributed by atoms with Crippen LogP contribution >= 0.6 is 11.3 Å². The van der Waals surface area contributed by atoms with Crippen molar-refractivity contribution in [3.63, 3.8) is 0 Å². The standard InChI is InChI=1S/C15H19N3O3S/c1-15(2,3)6-12(19)18-14-17-11(8-22-14)9-5-10(16-7-9)13(20)21-4/h5,7-8,16H,6H2,1-4H3,(H,17,18,19). The quantitative estimate of drug-likeness (QED) is 0.846. The second-order valence-electron chi connectivity index (χ2n) is 6.12. The van der Waals surface area contributed by atoms with Gasteiger partial charge >= 0.3 is 5.97 Å². The Morgan fingerprint density at radius 1 is 1.41 bits per heavy atom. The van der Waals surface area contributed by atoms with Gasteiger partial charge < -0.3 is 15.0 Å². The van der Waals surface area contributed by atoms with E-state index in [2.05, 4.69) is 20.0 Å². The molecule has 0 bridgehead atoms. The predicted molar refractivity (Wildman–Crippen MR) is 85.9 cm³/mol. The molecule has 0 atom stereocenters.